The van der Waals surface area contributed by atoms with E-state index < -0.39 is 0 Å². The third kappa shape index (κ3) is 4.66. The number of allylic oxidation sites excluding steroid dienone is 1. The van der Waals surface area contributed by atoms with E-state index in [4.69, 9.17) is 9.47 Å². The quantitative estimate of drug-likeness (QED) is 0.481. The van der Waals surface area contributed by atoms with Gasteiger partial charge < -0.3 is 9.47 Å². The fourth-order valence-electron chi connectivity index (χ4n) is 1.57. The van der Waals surface area contributed by atoms with Crippen LogP contribution in [0.15, 0.2) is 43.5 Å². The number of hydrogen-bond acceptors (Lipinski definition) is 2. The summed E-state index contributed by atoms with van der Waals surface area (Å²) in [5.41, 5.74) is 1.12. The second-order valence-corrected chi connectivity index (χ2v) is 4.06. The first-order chi connectivity index (χ1) is 8.81. The summed E-state index contributed by atoms with van der Waals surface area (Å²) in [4.78, 5) is 0. The molecule has 2 nitrogen and oxygen atoms in total. The van der Waals surface area contributed by atoms with E-state index in [9.17, 15) is 0 Å². The van der Waals surface area contributed by atoms with Crippen LogP contribution < -0.4 is 9.47 Å². The van der Waals surface area contributed by atoms with E-state index in [1.165, 1.54) is 0 Å². The van der Waals surface area contributed by atoms with Crippen LogP contribution in [0.1, 0.15) is 25.3 Å². The molecule has 0 aliphatic carbocycles. The first-order valence-electron chi connectivity index (χ1n) is 6.42. The van der Waals surface area contributed by atoms with Crippen LogP contribution in [-0.2, 0) is 6.42 Å². The van der Waals surface area contributed by atoms with Crippen LogP contribution in [0.3, 0.4) is 0 Å². The largest absolute Gasteiger partial charge is 0.493 e. The van der Waals surface area contributed by atoms with E-state index in [1.54, 1.807) is 6.08 Å². The topological polar surface area (TPSA) is 18.5 Å². The Labute approximate surface area is 110 Å². The fourth-order valence-corrected chi connectivity index (χ4v) is 1.57. The molecule has 0 heterocycles. The highest BCUT2D eigenvalue weighted by atomic mass is 16.5. The Morgan fingerprint density at radius 1 is 1.17 bits per heavy atom. The number of unbranched alkanes of at least 4 members (excludes halogenated alkanes) is 1. The molecule has 0 radical (unpaired) electrons. The molecule has 98 valence electrons. The molecule has 18 heavy (non-hydrogen) atoms. The molecule has 0 unspecified atom stereocenters. The Morgan fingerprint density at radius 3 is 2.67 bits per heavy atom. The van der Waals surface area contributed by atoms with Gasteiger partial charge in [0.05, 0.1) is 6.61 Å². The molecule has 0 bridgehead atoms. The van der Waals surface area contributed by atoms with Crippen molar-refractivity contribution < 1.29 is 9.47 Å². The maximum absolute atomic E-state index is 5.67. The minimum Gasteiger partial charge on any atom is -0.493 e. The molecular formula is C16H22O2. The molecule has 1 rings (SSSR count). The van der Waals surface area contributed by atoms with E-state index >= 15 is 0 Å². The van der Waals surface area contributed by atoms with E-state index in [0.717, 1.165) is 42.9 Å². The SMILES string of the molecule is C=CCOc1cc(OCCCC)ccc1CC=C. The third-order valence-electron chi connectivity index (χ3n) is 2.53. The molecule has 0 aromatic heterocycles. The van der Waals surface area contributed by atoms with E-state index in [-0.39, 0.29) is 0 Å². The Bertz CT molecular complexity index is 383. The summed E-state index contributed by atoms with van der Waals surface area (Å²) in [5, 5.41) is 0. The van der Waals surface area contributed by atoms with Gasteiger partial charge in [-0.05, 0) is 24.5 Å². The number of benzene rings is 1. The first-order valence-corrected chi connectivity index (χ1v) is 6.42. The summed E-state index contributed by atoms with van der Waals surface area (Å²) in [6, 6.07) is 5.95. The maximum Gasteiger partial charge on any atom is 0.126 e. The van der Waals surface area contributed by atoms with Gasteiger partial charge in [-0.3, -0.25) is 0 Å². The molecule has 0 aliphatic rings. The number of rotatable bonds is 9. The molecule has 0 spiro atoms. The zero-order chi connectivity index (χ0) is 13.2. The van der Waals surface area contributed by atoms with Crippen molar-refractivity contribution in [3.05, 3.63) is 49.1 Å². The second-order valence-electron chi connectivity index (χ2n) is 4.06. The van der Waals surface area contributed by atoms with Crippen LogP contribution in [0.4, 0.5) is 0 Å². The minimum absolute atomic E-state index is 0.503. The van der Waals surface area contributed by atoms with Crippen molar-refractivity contribution in [1.29, 1.82) is 0 Å². The highest BCUT2D eigenvalue weighted by Crippen LogP contribution is 2.26. The van der Waals surface area contributed by atoms with Crippen LogP contribution in [0.5, 0.6) is 11.5 Å². The van der Waals surface area contributed by atoms with Crippen molar-refractivity contribution in [2.45, 2.75) is 26.2 Å². The van der Waals surface area contributed by atoms with Crippen molar-refractivity contribution in [2.75, 3.05) is 13.2 Å². The van der Waals surface area contributed by atoms with Gasteiger partial charge in [0.2, 0.25) is 0 Å². The van der Waals surface area contributed by atoms with Crippen LogP contribution in [0, 0.1) is 0 Å². The lowest BCUT2D eigenvalue weighted by atomic mass is 10.1. The monoisotopic (exact) mass is 246 g/mol. The minimum atomic E-state index is 0.503. The smallest absolute Gasteiger partial charge is 0.126 e. The van der Waals surface area contributed by atoms with Crippen molar-refractivity contribution in [1.82, 2.24) is 0 Å². The van der Waals surface area contributed by atoms with E-state index in [1.807, 2.05) is 24.3 Å². The van der Waals surface area contributed by atoms with Crippen LogP contribution in [0.2, 0.25) is 0 Å². The second kappa shape index (κ2) is 8.40. The maximum atomic E-state index is 5.67. The molecule has 1 aromatic carbocycles. The van der Waals surface area contributed by atoms with Gasteiger partial charge in [0.1, 0.15) is 18.1 Å². The molecule has 0 N–H and O–H groups in total. The summed E-state index contributed by atoms with van der Waals surface area (Å²) in [6.07, 6.45) is 6.60. The summed E-state index contributed by atoms with van der Waals surface area (Å²) in [6.45, 7) is 10.8. The molecule has 0 amide bonds. The average Bonchev–Trinajstić information content (AvgIpc) is 2.39. The van der Waals surface area contributed by atoms with Crippen molar-refractivity contribution in [2.24, 2.45) is 0 Å². The van der Waals surface area contributed by atoms with Crippen molar-refractivity contribution in [3.63, 3.8) is 0 Å². The summed E-state index contributed by atoms with van der Waals surface area (Å²) in [7, 11) is 0. The Hall–Kier alpha value is -1.70. The number of ether oxygens (including phenoxy) is 2. The predicted molar refractivity (Wildman–Crippen MR) is 76.4 cm³/mol. The lowest BCUT2D eigenvalue weighted by Crippen LogP contribution is -2.00. The van der Waals surface area contributed by atoms with Crippen LogP contribution >= 0.6 is 0 Å². The zero-order valence-corrected chi connectivity index (χ0v) is 11.2. The fraction of sp³-hybridized carbons (Fsp3) is 0.375. The van der Waals surface area contributed by atoms with Crippen LogP contribution in [-0.4, -0.2) is 13.2 Å². The average molecular weight is 246 g/mol. The highest BCUT2D eigenvalue weighted by molar-refractivity contribution is 5.41. The van der Waals surface area contributed by atoms with Gasteiger partial charge in [-0.2, -0.15) is 0 Å². The van der Waals surface area contributed by atoms with Gasteiger partial charge in [0, 0.05) is 6.07 Å². The molecule has 0 atom stereocenters. The molecule has 0 aliphatic heterocycles. The Morgan fingerprint density at radius 2 is 2.00 bits per heavy atom. The standard InChI is InChI=1S/C16H22O2/c1-4-7-12-17-15-10-9-14(8-5-2)16(13-15)18-11-6-3/h5-6,9-10,13H,2-4,7-8,11-12H2,1H3. The van der Waals surface area contributed by atoms with E-state index in [2.05, 4.69) is 20.1 Å². The Balaban J connectivity index is 2.75. The van der Waals surface area contributed by atoms with Gasteiger partial charge in [0.25, 0.3) is 0 Å². The molecular weight excluding hydrogens is 224 g/mol. The van der Waals surface area contributed by atoms with E-state index in [0.29, 0.717) is 6.61 Å². The highest BCUT2D eigenvalue weighted by Gasteiger charge is 2.04. The third-order valence-corrected chi connectivity index (χ3v) is 2.53. The van der Waals surface area contributed by atoms with Crippen molar-refractivity contribution >= 4 is 0 Å². The lowest BCUT2D eigenvalue weighted by Gasteiger charge is -2.12. The normalized spacial score (nSPS) is 9.83. The Kier molecular flexibility index (Phi) is 6.70. The van der Waals surface area contributed by atoms with Crippen LogP contribution in [0.25, 0.3) is 0 Å². The first kappa shape index (κ1) is 14.4. The lowest BCUT2D eigenvalue weighted by molar-refractivity contribution is 0.304. The summed E-state index contributed by atoms with van der Waals surface area (Å²) < 4.78 is 11.3. The summed E-state index contributed by atoms with van der Waals surface area (Å²) >= 11 is 0. The van der Waals surface area contributed by atoms with Gasteiger partial charge in [-0.15, -0.1) is 6.58 Å². The van der Waals surface area contributed by atoms with Gasteiger partial charge in [-0.25, -0.2) is 0 Å². The van der Waals surface area contributed by atoms with Gasteiger partial charge in [0.15, 0.2) is 0 Å². The predicted octanol–water partition coefficient (Wildman–Crippen LogP) is 4.16. The van der Waals surface area contributed by atoms with Gasteiger partial charge >= 0.3 is 0 Å². The summed E-state index contributed by atoms with van der Waals surface area (Å²) in [5.74, 6) is 1.71. The molecule has 0 fully saturated rings. The van der Waals surface area contributed by atoms with Gasteiger partial charge in [-0.1, -0.05) is 38.1 Å². The zero-order valence-electron chi connectivity index (χ0n) is 11.2. The van der Waals surface area contributed by atoms with Crippen molar-refractivity contribution in [3.8, 4) is 11.5 Å². The molecule has 2 heteroatoms. The number of hydrogen-bond donors (Lipinski definition) is 0. The molecule has 0 saturated carbocycles. The molecule has 0 saturated heterocycles. The molecule has 1 aromatic rings.